The lowest BCUT2D eigenvalue weighted by Crippen LogP contribution is -2.61. The van der Waals surface area contributed by atoms with Gasteiger partial charge in [0.05, 0.1) is 26.4 Å². The zero-order chi connectivity index (χ0) is 44.5. The molecule has 61 heavy (non-hydrogen) atoms. The molecule has 11 unspecified atom stereocenters. The second-order valence-electron chi connectivity index (χ2n) is 15.8. The van der Waals surface area contributed by atoms with E-state index in [-0.39, 0.29) is 19.6 Å². The van der Waals surface area contributed by atoms with Gasteiger partial charge >= 0.3 is 5.97 Å². The Morgan fingerprint density at radius 3 is 1.67 bits per heavy atom. The number of carbonyl (C=O) groups is 1. The Balaban J connectivity index is 1.83. The van der Waals surface area contributed by atoms with Gasteiger partial charge in [0.2, 0.25) is 0 Å². The summed E-state index contributed by atoms with van der Waals surface area (Å²) in [5, 5.41) is 71.9. The van der Waals surface area contributed by atoms with Crippen molar-refractivity contribution < 1.29 is 69.0 Å². The molecule has 14 heteroatoms. The predicted molar refractivity (Wildman–Crippen MR) is 233 cm³/mol. The van der Waals surface area contributed by atoms with Crippen LogP contribution in [0.25, 0.3) is 0 Å². The number of aliphatic hydroxyl groups excluding tert-OH is 7. The van der Waals surface area contributed by atoms with E-state index in [4.69, 9.17) is 28.4 Å². The van der Waals surface area contributed by atoms with Crippen LogP contribution in [0.4, 0.5) is 0 Å². The highest BCUT2D eigenvalue weighted by molar-refractivity contribution is 5.69. The van der Waals surface area contributed by atoms with E-state index in [0.717, 1.165) is 103 Å². The average molecular weight is 869 g/mol. The standard InChI is InChI=1S/C47H80O14/c1-3-5-7-9-11-13-15-17-19-21-23-25-27-29-31-56-33-36(59-39(49)30-28-26-24-22-20-18-16-14-12-10-8-6-4-2)34-57-46-45(55)43(53)41(51)38(61-46)35-58-47-44(54)42(52)40(50)37(32-48)60-47/h5,7-8,10-11,13-14,16-17,19,36-38,40-48,50-55H,3-4,6,9,12,15,18,20-35H2,1-2H3/b7-5-,10-8-,13-11-,16-14-,19-17-. The minimum absolute atomic E-state index is 0.0375. The topological polar surface area (TPSA) is 214 Å². The number of hydrogen-bond acceptors (Lipinski definition) is 14. The number of ether oxygens (including phenoxy) is 6. The lowest BCUT2D eigenvalue weighted by Gasteiger charge is -2.42. The first-order valence-corrected chi connectivity index (χ1v) is 22.9. The average Bonchev–Trinajstić information content (AvgIpc) is 3.25. The molecule has 0 saturated carbocycles. The molecule has 7 N–H and O–H groups in total. The van der Waals surface area contributed by atoms with Crippen LogP contribution in [0.15, 0.2) is 60.8 Å². The van der Waals surface area contributed by atoms with Gasteiger partial charge in [0, 0.05) is 13.0 Å². The summed E-state index contributed by atoms with van der Waals surface area (Å²) in [7, 11) is 0. The molecule has 352 valence electrons. The quantitative estimate of drug-likeness (QED) is 0.0245. The summed E-state index contributed by atoms with van der Waals surface area (Å²) in [5.41, 5.74) is 0. The Kier molecular flexibility index (Phi) is 31.5. The van der Waals surface area contributed by atoms with Gasteiger partial charge in [0.1, 0.15) is 54.9 Å². The van der Waals surface area contributed by atoms with Gasteiger partial charge in [0.15, 0.2) is 12.6 Å². The maximum absolute atomic E-state index is 12.9. The largest absolute Gasteiger partial charge is 0.457 e. The Bertz CT molecular complexity index is 1240. The lowest BCUT2D eigenvalue weighted by molar-refractivity contribution is -0.332. The molecule has 0 amide bonds. The summed E-state index contributed by atoms with van der Waals surface area (Å²) < 4.78 is 34.1. The molecule has 2 fully saturated rings. The van der Waals surface area contributed by atoms with Crippen molar-refractivity contribution in [1.29, 1.82) is 0 Å². The molecule has 0 aromatic rings. The van der Waals surface area contributed by atoms with Crippen LogP contribution in [0.3, 0.4) is 0 Å². The third-order valence-electron chi connectivity index (χ3n) is 10.5. The number of allylic oxidation sites excluding steroid dienone is 10. The molecule has 2 saturated heterocycles. The predicted octanol–water partition coefficient (Wildman–Crippen LogP) is 5.40. The number of unbranched alkanes of at least 4 members (excludes halogenated alkanes) is 10. The third-order valence-corrected chi connectivity index (χ3v) is 10.5. The van der Waals surface area contributed by atoms with Crippen molar-refractivity contribution in [1.82, 2.24) is 0 Å². The number of rotatable bonds is 34. The van der Waals surface area contributed by atoms with Crippen LogP contribution < -0.4 is 0 Å². The van der Waals surface area contributed by atoms with Crippen LogP contribution in [-0.4, -0.2) is 142 Å². The number of carbonyl (C=O) groups excluding carboxylic acids is 1. The van der Waals surface area contributed by atoms with E-state index < -0.39 is 86.7 Å². The van der Waals surface area contributed by atoms with Crippen molar-refractivity contribution in [2.45, 2.75) is 197 Å². The van der Waals surface area contributed by atoms with Crippen molar-refractivity contribution in [2.24, 2.45) is 0 Å². The van der Waals surface area contributed by atoms with Crippen LogP contribution in [-0.2, 0) is 33.2 Å². The van der Waals surface area contributed by atoms with Gasteiger partial charge in [-0.15, -0.1) is 0 Å². The molecule has 2 rings (SSSR count). The van der Waals surface area contributed by atoms with Crippen LogP contribution >= 0.6 is 0 Å². The molecule has 0 bridgehead atoms. The fourth-order valence-electron chi connectivity index (χ4n) is 6.75. The Labute approximate surface area is 364 Å². The van der Waals surface area contributed by atoms with Gasteiger partial charge in [-0.05, 0) is 70.6 Å². The lowest BCUT2D eigenvalue weighted by atomic mass is 9.98. The molecule has 0 spiro atoms. The Morgan fingerprint density at radius 2 is 1.07 bits per heavy atom. The normalized spacial score (nSPS) is 28.0. The van der Waals surface area contributed by atoms with E-state index in [0.29, 0.717) is 13.0 Å². The molecular formula is C47H80O14. The van der Waals surface area contributed by atoms with Crippen LogP contribution in [0, 0.1) is 0 Å². The first-order chi connectivity index (χ1) is 29.6. The van der Waals surface area contributed by atoms with E-state index in [1.165, 1.54) is 0 Å². The van der Waals surface area contributed by atoms with Crippen molar-refractivity contribution >= 4 is 5.97 Å². The maximum Gasteiger partial charge on any atom is 0.306 e. The summed E-state index contributed by atoms with van der Waals surface area (Å²) in [4.78, 5) is 12.9. The zero-order valence-corrected chi connectivity index (χ0v) is 36.9. The van der Waals surface area contributed by atoms with Gasteiger partial charge in [-0.2, -0.15) is 0 Å². The second kappa shape index (κ2) is 35.1. The fraction of sp³-hybridized carbons (Fsp3) is 0.766. The van der Waals surface area contributed by atoms with Crippen LogP contribution in [0.2, 0.25) is 0 Å². The smallest absolute Gasteiger partial charge is 0.306 e. The maximum atomic E-state index is 12.9. The summed E-state index contributed by atoms with van der Waals surface area (Å²) in [5.74, 6) is -0.403. The van der Waals surface area contributed by atoms with E-state index in [1.54, 1.807) is 0 Å². The first kappa shape index (κ1) is 54.8. The SMILES string of the molecule is CC/C=C\C/C=C\C/C=C\CCCCCCOCC(COC1OC(COC2OC(CO)C(O)C(O)C2O)C(O)C(O)C1O)OC(=O)CCCCCCC/C=C\C/C=C\CCC. The Hall–Kier alpha value is -2.31. The number of hydrogen-bond donors (Lipinski definition) is 7. The summed E-state index contributed by atoms with van der Waals surface area (Å²) in [6.07, 6.45) is 22.9. The monoisotopic (exact) mass is 869 g/mol. The fourth-order valence-corrected chi connectivity index (χ4v) is 6.75. The molecule has 0 radical (unpaired) electrons. The second-order valence-corrected chi connectivity index (χ2v) is 15.8. The van der Waals surface area contributed by atoms with E-state index in [9.17, 15) is 40.5 Å². The van der Waals surface area contributed by atoms with Crippen molar-refractivity contribution in [3.63, 3.8) is 0 Å². The molecule has 2 aliphatic rings. The van der Waals surface area contributed by atoms with Gasteiger partial charge < -0.3 is 64.2 Å². The van der Waals surface area contributed by atoms with E-state index >= 15 is 0 Å². The molecule has 0 aromatic heterocycles. The van der Waals surface area contributed by atoms with Crippen LogP contribution in [0.5, 0.6) is 0 Å². The minimum Gasteiger partial charge on any atom is -0.457 e. The van der Waals surface area contributed by atoms with Crippen molar-refractivity contribution in [3.05, 3.63) is 60.8 Å². The molecule has 2 heterocycles. The molecule has 0 aromatic carbocycles. The van der Waals surface area contributed by atoms with Gasteiger partial charge in [-0.25, -0.2) is 0 Å². The molecule has 11 atom stereocenters. The third kappa shape index (κ3) is 23.8. The molecule has 14 nitrogen and oxygen atoms in total. The number of esters is 1. The van der Waals surface area contributed by atoms with Crippen LogP contribution in [0.1, 0.15) is 129 Å². The van der Waals surface area contributed by atoms with Gasteiger partial charge in [-0.1, -0.05) is 113 Å². The van der Waals surface area contributed by atoms with E-state index in [2.05, 4.69) is 74.6 Å². The highest BCUT2D eigenvalue weighted by Crippen LogP contribution is 2.26. The van der Waals surface area contributed by atoms with Gasteiger partial charge in [0.25, 0.3) is 0 Å². The summed E-state index contributed by atoms with van der Waals surface area (Å²) in [6, 6.07) is 0. The minimum atomic E-state index is -1.71. The first-order valence-electron chi connectivity index (χ1n) is 22.9. The molecule has 0 aliphatic carbocycles. The molecule has 2 aliphatic heterocycles. The number of aliphatic hydroxyl groups is 7. The van der Waals surface area contributed by atoms with Gasteiger partial charge in [-0.3, -0.25) is 4.79 Å². The highest BCUT2D eigenvalue weighted by Gasteiger charge is 2.47. The summed E-state index contributed by atoms with van der Waals surface area (Å²) in [6.45, 7) is 3.40. The Morgan fingerprint density at radius 1 is 0.557 bits per heavy atom. The zero-order valence-electron chi connectivity index (χ0n) is 36.9. The van der Waals surface area contributed by atoms with Crippen molar-refractivity contribution in [2.75, 3.05) is 33.0 Å². The molecular weight excluding hydrogens is 789 g/mol. The van der Waals surface area contributed by atoms with Crippen molar-refractivity contribution in [3.8, 4) is 0 Å². The summed E-state index contributed by atoms with van der Waals surface area (Å²) >= 11 is 0. The highest BCUT2D eigenvalue weighted by atomic mass is 16.7. The van der Waals surface area contributed by atoms with E-state index in [1.807, 2.05) is 0 Å².